The Morgan fingerprint density at radius 2 is 1.88 bits per heavy atom. The van der Waals surface area contributed by atoms with Crippen molar-refractivity contribution in [3.8, 4) is 0 Å². The lowest BCUT2D eigenvalue weighted by atomic mass is 9.82. The number of nitro groups is 1. The Labute approximate surface area is 152 Å². The molecule has 1 fully saturated rings. The highest BCUT2D eigenvalue weighted by Gasteiger charge is 2.25. The zero-order valence-electron chi connectivity index (χ0n) is 15.1. The Morgan fingerprint density at radius 1 is 1.23 bits per heavy atom. The van der Waals surface area contributed by atoms with Gasteiger partial charge in [0, 0.05) is 6.04 Å². The lowest BCUT2D eigenvalue weighted by Crippen LogP contribution is -2.39. The number of amides is 1. The first-order valence-electron chi connectivity index (χ1n) is 8.98. The second-order valence-corrected chi connectivity index (χ2v) is 6.96. The van der Waals surface area contributed by atoms with Crippen LogP contribution in [0.3, 0.4) is 0 Å². The van der Waals surface area contributed by atoms with E-state index in [2.05, 4.69) is 34.7 Å². The van der Waals surface area contributed by atoms with E-state index in [1.807, 2.05) is 6.07 Å². The Balaban J connectivity index is 1.54. The molecule has 0 spiro atoms. The van der Waals surface area contributed by atoms with Gasteiger partial charge in [-0.15, -0.1) is 0 Å². The third-order valence-electron chi connectivity index (χ3n) is 5.18. The van der Waals surface area contributed by atoms with Crippen molar-refractivity contribution in [1.82, 2.24) is 15.1 Å². The fraction of sp³-hybridized carbons (Fsp3) is 0.474. The van der Waals surface area contributed by atoms with Crippen molar-refractivity contribution in [2.24, 2.45) is 0 Å². The Bertz CT molecular complexity index is 793. The summed E-state index contributed by atoms with van der Waals surface area (Å²) in [4.78, 5) is 22.9. The molecule has 0 radical (unpaired) electrons. The molecule has 138 valence electrons. The van der Waals surface area contributed by atoms with Gasteiger partial charge in [0.05, 0.1) is 4.92 Å². The Kier molecular flexibility index (Phi) is 5.35. The number of carbonyl (C=O) groups is 1. The number of carbonyl (C=O) groups excluding carboxylic acids is 1. The van der Waals surface area contributed by atoms with Gasteiger partial charge in [0.25, 0.3) is 0 Å². The summed E-state index contributed by atoms with van der Waals surface area (Å²) in [5.41, 5.74) is 2.10. The average Bonchev–Trinajstić information content (AvgIpc) is 2.89. The maximum absolute atomic E-state index is 12.3. The van der Waals surface area contributed by atoms with Crippen molar-refractivity contribution in [2.45, 2.75) is 58.0 Å². The maximum atomic E-state index is 12.3. The third-order valence-corrected chi connectivity index (χ3v) is 5.18. The highest BCUT2D eigenvalue weighted by Crippen LogP contribution is 2.32. The summed E-state index contributed by atoms with van der Waals surface area (Å²) >= 11 is 0. The molecule has 7 heteroatoms. The molecular formula is C19H24N4O3. The molecule has 1 amide bonds. The molecule has 3 rings (SSSR count). The van der Waals surface area contributed by atoms with Crippen molar-refractivity contribution in [2.75, 3.05) is 0 Å². The van der Waals surface area contributed by atoms with Gasteiger partial charge in [0.15, 0.2) is 0 Å². The lowest BCUT2D eigenvalue weighted by Gasteiger charge is -2.29. The fourth-order valence-electron chi connectivity index (χ4n) is 3.81. The van der Waals surface area contributed by atoms with Crippen LogP contribution in [0.5, 0.6) is 0 Å². The van der Waals surface area contributed by atoms with E-state index in [-0.39, 0.29) is 24.2 Å². The number of hydrogen-bond donors (Lipinski definition) is 1. The van der Waals surface area contributed by atoms with E-state index >= 15 is 0 Å². The van der Waals surface area contributed by atoms with Gasteiger partial charge in [-0.3, -0.25) is 19.6 Å². The standard InChI is InChI=1S/C19H24N4O3/c1-13-19(23(25)26)14(2)22(21-13)12-18(24)20-17-10-8-16(9-11-17)15-6-4-3-5-7-15/h3-7,16-17H,8-12H2,1-2H3,(H,20,24). The number of aryl methyl sites for hydroxylation is 1. The van der Waals surface area contributed by atoms with E-state index in [0.717, 1.165) is 25.7 Å². The number of hydrogen-bond acceptors (Lipinski definition) is 4. The second-order valence-electron chi connectivity index (χ2n) is 6.96. The molecule has 1 aliphatic rings. The fourth-order valence-corrected chi connectivity index (χ4v) is 3.81. The summed E-state index contributed by atoms with van der Waals surface area (Å²) in [6.45, 7) is 3.22. The Morgan fingerprint density at radius 3 is 2.46 bits per heavy atom. The largest absolute Gasteiger partial charge is 0.352 e. The molecule has 0 atom stereocenters. The van der Waals surface area contributed by atoms with E-state index < -0.39 is 4.92 Å². The third kappa shape index (κ3) is 3.92. The first kappa shape index (κ1) is 18.1. The molecule has 7 nitrogen and oxygen atoms in total. The van der Waals surface area contributed by atoms with Crippen LogP contribution in [0.15, 0.2) is 30.3 Å². The molecule has 0 unspecified atom stereocenters. The molecule has 0 saturated heterocycles. The molecule has 1 N–H and O–H groups in total. The van der Waals surface area contributed by atoms with Crippen molar-refractivity contribution >= 4 is 11.6 Å². The number of aromatic nitrogens is 2. The number of nitrogens with one attached hydrogen (secondary N) is 1. The summed E-state index contributed by atoms with van der Waals surface area (Å²) in [7, 11) is 0. The molecule has 26 heavy (non-hydrogen) atoms. The van der Waals surface area contributed by atoms with Crippen LogP contribution in [-0.2, 0) is 11.3 Å². The minimum atomic E-state index is -0.447. The van der Waals surface area contributed by atoms with Crippen molar-refractivity contribution < 1.29 is 9.72 Å². The zero-order chi connectivity index (χ0) is 18.7. The zero-order valence-corrected chi connectivity index (χ0v) is 15.1. The highest BCUT2D eigenvalue weighted by atomic mass is 16.6. The second kappa shape index (κ2) is 7.68. The first-order valence-corrected chi connectivity index (χ1v) is 8.98. The van der Waals surface area contributed by atoms with Gasteiger partial charge >= 0.3 is 5.69 Å². The molecule has 0 bridgehead atoms. The van der Waals surface area contributed by atoms with E-state index in [4.69, 9.17) is 0 Å². The van der Waals surface area contributed by atoms with Crippen molar-refractivity contribution in [1.29, 1.82) is 0 Å². The molecule has 0 aliphatic heterocycles. The SMILES string of the molecule is Cc1nn(CC(=O)NC2CCC(c3ccccc3)CC2)c(C)c1[N+](=O)[O-]. The molecule has 1 aliphatic carbocycles. The number of benzene rings is 1. The minimum Gasteiger partial charge on any atom is -0.352 e. The smallest absolute Gasteiger partial charge is 0.312 e. The van der Waals surface area contributed by atoms with Crippen LogP contribution in [0.25, 0.3) is 0 Å². The van der Waals surface area contributed by atoms with Crippen molar-refractivity contribution in [3.05, 3.63) is 57.4 Å². The minimum absolute atomic E-state index is 0.0128. The number of rotatable bonds is 5. The van der Waals surface area contributed by atoms with Gasteiger partial charge in [-0.05, 0) is 51.0 Å². The van der Waals surface area contributed by atoms with Gasteiger partial charge in [-0.25, -0.2) is 0 Å². The van der Waals surface area contributed by atoms with Crippen LogP contribution >= 0.6 is 0 Å². The normalized spacial score (nSPS) is 19.9. The van der Waals surface area contributed by atoms with Crippen LogP contribution < -0.4 is 5.32 Å². The van der Waals surface area contributed by atoms with Crippen LogP contribution in [-0.4, -0.2) is 26.7 Å². The van der Waals surface area contributed by atoms with Crippen LogP contribution in [0.1, 0.15) is 48.6 Å². The topological polar surface area (TPSA) is 90.1 Å². The molecular weight excluding hydrogens is 332 g/mol. The first-order chi connectivity index (χ1) is 12.5. The highest BCUT2D eigenvalue weighted by molar-refractivity contribution is 5.76. The van der Waals surface area contributed by atoms with Gasteiger partial charge in [0.1, 0.15) is 17.9 Å². The predicted octanol–water partition coefficient (Wildman–Crippen LogP) is 3.25. The van der Waals surface area contributed by atoms with Gasteiger partial charge in [-0.1, -0.05) is 30.3 Å². The average molecular weight is 356 g/mol. The summed E-state index contributed by atoms with van der Waals surface area (Å²) < 4.78 is 1.42. The quantitative estimate of drug-likeness (QED) is 0.658. The van der Waals surface area contributed by atoms with Crippen molar-refractivity contribution in [3.63, 3.8) is 0 Å². The van der Waals surface area contributed by atoms with E-state index in [1.165, 1.54) is 10.2 Å². The van der Waals surface area contributed by atoms with E-state index in [0.29, 0.717) is 17.3 Å². The molecule has 2 aromatic rings. The maximum Gasteiger partial charge on any atom is 0.312 e. The Hall–Kier alpha value is -2.70. The summed E-state index contributed by atoms with van der Waals surface area (Å²) in [6.07, 6.45) is 4.01. The van der Waals surface area contributed by atoms with Gasteiger partial charge < -0.3 is 5.32 Å². The van der Waals surface area contributed by atoms with Crippen LogP contribution in [0.4, 0.5) is 5.69 Å². The van der Waals surface area contributed by atoms with Gasteiger partial charge in [0.2, 0.25) is 5.91 Å². The summed E-state index contributed by atoms with van der Waals surface area (Å²) in [5.74, 6) is 0.414. The van der Waals surface area contributed by atoms with E-state index in [9.17, 15) is 14.9 Å². The monoisotopic (exact) mass is 356 g/mol. The lowest BCUT2D eigenvalue weighted by molar-refractivity contribution is -0.386. The molecule has 1 heterocycles. The number of nitrogens with zero attached hydrogens (tertiary/aromatic N) is 3. The summed E-state index contributed by atoms with van der Waals surface area (Å²) in [5, 5.41) is 18.2. The van der Waals surface area contributed by atoms with Gasteiger partial charge in [-0.2, -0.15) is 5.10 Å². The molecule has 1 aromatic carbocycles. The van der Waals surface area contributed by atoms with E-state index in [1.54, 1.807) is 13.8 Å². The molecule has 1 saturated carbocycles. The summed E-state index contributed by atoms with van der Waals surface area (Å²) in [6, 6.07) is 10.7. The predicted molar refractivity (Wildman–Crippen MR) is 97.9 cm³/mol. The molecule has 1 aromatic heterocycles. The van der Waals surface area contributed by atoms with Crippen LogP contribution in [0.2, 0.25) is 0 Å². The van der Waals surface area contributed by atoms with Crippen LogP contribution in [0, 0.1) is 24.0 Å².